The molecule has 3 rings (SSSR count). The van der Waals surface area contributed by atoms with E-state index in [-0.39, 0.29) is 11.9 Å². The van der Waals surface area contributed by atoms with Crippen LogP contribution in [-0.2, 0) is 17.8 Å². The summed E-state index contributed by atoms with van der Waals surface area (Å²) in [7, 11) is 0. The van der Waals surface area contributed by atoms with Crippen molar-refractivity contribution in [2.45, 2.75) is 25.9 Å². The van der Waals surface area contributed by atoms with E-state index in [1.807, 2.05) is 11.0 Å². The number of benzene rings is 1. The molecule has 2 atom stereocenters. The van der Waals surface area contributed by atoms with Gasteiger partial charge in [0, 0.05) is 32.2 Å². The van der Waals surface area contributed by atoms with Crippen molar-refractivity contribution in [1.29, 1.82) is 0 Å². The maximum atomic E-state index is 12.4. The normalized spacial score (nSPS) is 26.6. The third kappa shape index (κ3) is 2.72. The summed E-state index contributed by atoms with van der Waals surface area (Å²) in [4.78, 5) is 16.6. The van der Waals surface area contributed by atoms with Crippen LogP contribution in [0, 0.1) is 5.92 Å². The average molecular weight is 273 g/mol. The van der Waals surface area contributed by atoms with E-state index < -0.39 is 0 Å². The molecule has 1 saturated heterocycles. The van der Waals surface area contributed by atoms with Crippen molar-refractivity contribution in [2.75, 3.05) is 26.2 Å². The number of amides is 1. The maximum Gasteiger partial charge on any atom is 0.237 e. The minimum absolute atomic E-state index is 0.213. The minimum atomic E-state index is 0.213. The van der Waals surface area contributed by atoms with Crippen molar-refractivity contribution in [2.24, 2.45) is 11.7 Å². The number of likely N-dealkylation sites (tertiary alicyclic amines) is 1. The molecule has 1 aromatic rings. The van der Waals surface area contributed by atoms with Crippen LogP contribution in [0.15, 0.2) is 24.3 Å². The van der Waals surface area contributed by atoms with E-state index in [1.165, 1.54) is 11.1 Å². The van der Waals surface area contributed by atoms with Gasteiger partial charge in [-0.1, -0.05) is 31.2 Å². The number of carbonyl (C=O) groups excluding carboxylic acids is 1. The van der Waals surface area contributed by atoms with Crippen molar-refractivity contribution in [3.05, 3.63) is 35.4 Å². The lowest BCUT2D eigenvalue weighted by molar-refractivity contribution is -0.133. The van der Waals surface area contributed by atoms with Gasteiger partial charge in [-0.3, -0.25) is 9.69 Å². The van der Waals surface area contributed by atoms with Gasteiger partial charge >= 0.3 is 0 Å². The van der Waals surface area contributed by atoms with Gasteiger partial charge < -0.3 is 10.6 Å². The summed E-state index contributed by atoms with van der Waals surface area (Å²) in [6.07, 6.45) is 0.970. The average Bonchev–Trinajstić information content (AvgIpc) is 2.76. The first-order valence-electron chi connectivity index (χ1n) is 7.46. The Morgan fingerprint density at radius 3 is 2.75 bits per heavy atom. The topological polar surface area (TPSA) is 49.6 Å². The Bertz CT molecular complexity index is 492. The molecule has 0 spiro atoms. The van der Waals surface area contributed by atoms with Gasteiger partial charge in [0.05, 0.1) is 6.54 Å². The lowest BCUT2D eigenvalue weighted by atomic mass is 10.00. The Kier molecular flexibility index (Phi) is 3.76. The van der Waals surface area contributed by atoms with Gasteiger partial charge in [0.2, 0.25) is 5.91 Å². The highest BCUT2D eigenvalue weighted by Gasteiger charge is 2.29. The molecule has 0 bridgehead atoms. The van der Waals surface area contributed by atoms with Crippen LogP contribution in [0.25, 0.3) is 0 Å². The van der Waals surface area contributed by atoms with Crippen LogP contribution in [0.3, 0.4) is 0 Å². The molecule has 2 aliphatic rings. The predicted octanol–water partition coefficient (Wildman–Crippen LogP) is 0.850. The van der Waals surface area contributed by atoms with Gasteiger partial charge in [0.15, 0.2) is 0 Å². The molecule has 2 N–H and O–H groups in total. The van der Waals surface area contributed by atoms with Gasteiger partial charge in [-0.05, 0) is 23.5 Å². The second kappa shape index (κ2) is 5.54. The second-order valence-electron chi connectivity index (χ2n) is 6.17. The summed E-state index contributed by atoms with van der Waals surface area (Å²) in [6, 6.07) is 8.63. The number of rotatable bonds is 2. The van der Waals surface area contributed by atoms with Crippen LogP contribution in [0.5, 0.6) is 0 Å². The molecule has 1 aromatic carbocycles. The third-order valence-electron chi connectivity index (χ3n) is 4.59. The van der Waals surface area contributed by atoms with Gasteiger partial charge in [-0.15, -0.1) is 0 Å². The molecule has 1 amide bonds. The van der Waals surface area contributed by atoms with Crippen LogP contribution in [0.1, 0.15) is 18.1 Å². The first-order chi connectivity index (χ1) is 9.63. The number of fused-ring (bicyclic) bond motifs is 1. The fourth-order valence-electron chi connectivity index (χ4n) is 3.22. The third-order valence-corrected chi connectivity index (χ3v) is 4.59. The monoisotopic (exact) mass is 273 g/mol. The highest BCUT2D eigenvalue weighted by molar-refractivity contribution is 5.78. The predicted molar refractivity (Wildman–Crippen MR) is 79.1 cm³/mol. The van der Waals surface area contributed by atoms with Crippen LogP contribution < -0.4 is 5.73 Å². The zero-order chi connectivity index (χ0) is 14.1. The fraction of sp³-hybridized carbons (Fsp3) is 0.562. The number of carbonyl (C=O) groups is 1. The van der Waals surface area contributed by atoms with Crippen molar-refractivity contribution < 1.29 is 4.79 Å². The molecule has 2 unspecified atom stereocenters. The Morgan fingerprint density at radius 1 is 1.30 bits per heavy atom. The van der Waals surface area contributed by atoms with Crippen LogP contribution in [0.2, 0.25) is 0 Å². The minimum Gasteiger partial charge on any atom is -0.337 e. The molecule has 2 aliphatic heterocycles. The lowest BCUT2D eigenvalue weighted by Crippen LogP contribution is -2.42. The van der Waals surface area contributed by atoms with Crippen molar-refractivity contribution in [3.8, 4) is 0 Å². The number of nitrogens with zero attached hydrogens (tertiary/aromatic N) is 2. The first-order valence-corrected chi connectivity index (χ1v) is 7.46. The Labute approximate surface area is 120 Å². The van der Waals surface area contributed by atoms with E-state index >= 15 is 0 Å². The number of hydrogen-bond acceptors (Lipinski definition) is 3. The van der Waals surface area contributed by atoms with Crippen molar-refractivity contribution in [3.63, 3.8) is 0 Å². The summed E-state index contributed by atoms with van der Waals surface area (Å²) < 4.78 is 0. The molecule has 4 nitrogen and oxygen atoms in total. The largest absolute Gasteiger partial charge is 0.337 e. The number of hydrogen-bond donors (Lipinski definition) is 1. The zero-order valence-electron chi connectivity index (χ0n) is 12.1. The van der Waals surface area contributed by atoms with E-state index in [0.29, 0.717) is 12.5 Å². The molecule has 4 heteroatoms. The van der Waals surface area contributed by atoms with Crippen LogP contribution >= 0.6 is 0 Å². The van der Waals surface area contributed by atoms with Gasteiger partial charge in [-0.25, -0.2) is 0 Å². The highest BCUT2D eigenvalue weighted by Crippen LogP contribution is 2.19. The van der Waals surface area contributed by atoms with Crippen molar-refractivity contribution in [1.82, 2.24) is 9.80 Å². The molecule has 0 saturated carbocycles. The number of nitrogens with two attached hydrogens (primary N) is 1. The molecular formula is C16H23N3O. The summed E-state index contributed by atoms with van der Waals surface area (Å²) in [6.45, 7) is 6.05. The van der Waals surface area contributed by atoms with E-state index in [1.54, 1.807) is 0 Å². The molecule has 20 heavy (non-hydrogen) atoms. The standard InChI is InChI=1S/C16H23N3O/c1-12-8-18(10-15(12)17)11-16(20)19-7-6-13-4-2-3-5-14(13)9-19/h2-5,12,15H,6-11,17H2,1H3. The first kappa shape index (κ1) is 13.6. The smallest absolute Gasteiger partial charge is 0.237 e. The molecule has 0 aliphatic carbocycles. The van der Waals surface area contributed by atoms with E-state index in [9.17, 15) is 4.79 Å². The summed E-state index contributed by atoms with van der Waals surface area (Å²) >= 11 is 0. The Balaban J connectivity index is 1.59. The second-order valence-corrected chi connectivity index (χ2v) is 6.17. The fourth-order valence-corrected chi connectivity index (χ4v) is 3.22. The molecule has 1 fully saturated rings. The SMILES string of the molecule is CC1CN(CC(=O)N2CCc3ccccc3C2)CC1N. The molecular weight excluding hydrogens is 250 g/mol. The van der Waals surface area contributed by atoms with Crippen LogP contribution in [-0.4, -0.2) is 47.9 Å². The van der Waals surface area contributed by atoms with E-state index in [2.05, 4.69) is 30.0 Å². The van der Waals surface area contributed by atoms with Gasteiger partial charge in [-0.2, -0.15) is 0 Å². The zero-order valence-corrected chi connectivity index (χ0v) is 12.1. The molecule has 0 aromatic heterocycles. The summed E-state index contributed by atoms with van der Waals surface area (Å²) in [5, 5.41) is 0. The molecule has 0 radical (unpaired) electrons. The Morgan fingerprint density at radius 2 is 2.05 bits per heavy atom. The van der Waals surface area contributed by atoms with Gasteiger partial charge in [0.25, 0.3) is 0 Å². The lowest BCUT2D eigenvalue weighted by Gasteiger charge is -2.30. The molecule has 108 valence electrons. The van der Waals surface area contributed by atoms with Crippen molar-refractivity contribution >= 4 is 5.91 Å². The molecule has 2 heterocycles. The van der Waals surface area contributed by atoms with Crippen LogP contribution in [0.4, 0.5) is 0 Å². The summed E-state index contributed by atoms with van der Waals surface area (Å²) in [5.74, 6) is 0.727. The highest BCUT2D eigenvalue weighted by atomic mass is 16.2. The van der Waals surface area contributed by atoms with E-state index in [4.69, 9.17) is 5.73 Å². The Hall–Kier alpha value is -1.39. The summed E-state index contributed by atoms with van der Waals surface area (Å²) in [5.41, 5.74) is 8.69. The quantitative estimate of drug-likeness (QED) is 0.869. The van der Waals surface area contributed by atoms with E-state index in [0.717, 1.165) is 32.6 Å². The maximum absolute atomic E-state index is 12.4. The van der Waals surface area contributed by atoms with Gasteiger partial charge in [0.1, 0.15) is 0 Å².